The van der Waals surface area contributed by atoms with Crippen LogP contribution in [0.2, 0.25) is 0 Å². The molecule has 0 saturated carbocycles. The zero-order chi connectivity index (χ0) is 20.1. The first kappa shape index (κ1) is 19.8. The molecule has 0 saturated heterocycles. The summed E-state index contributed by atoms with van der Waals surface area (Å²) in [5, 5.41) is 2.79. The maximum absolute atomic E-state index is 12.3. The highest BCUT2D eigenvalue weighted by Gasteiger charge is 2.20. The van der Waals surface area contributed by atoms with Crippen LogP contribution >= 0.6 is 15.9 Å². The van der Waals surface area contributed by atoms with Gasteiger partial charge in [0.15, 0.2) is 12.3 Å². The van der Waals surface area contributed by atoms with Crippen LogP contribution in [0.25, 0.3) is 11.5 Å². The van der Waals surface area contributed by atoms with Crippen LogP contribution in [0.15, 0.2) is 63.5 Å². The van der Waals surface area contributed by atoms with Crippen molar-refractivity contribution in [2.75, 3.05) is 6.61 Å². The van der Waals surface area contributed by atoms with Crippen molar-refractivity contribution in [3.63, 3.8) is 0 Å². The van der Waals surface area contributed by atoms with Crippen molar-refractivity contribution < 1.29 is 18.7 Å². The molecule has 6 nitrogen and oxygen atoms in total. The molecule has 28 heavy (non-hydrogen) atoms. The molecule has 2 aromatic carbocycles. The molecule has 1 amide bonds. The fourth-order valence-electron chi connectivity index (χ4n) is 2.61. The number of carbonyl (C=O) groups is 2. The van der Waals surface area contributed by atoms with Gasteiger partial charge in [0.25, 0.3) is 5.91 Å². The molecule has 0 spiro atoms. The average Bonchev–Trinajstić information content (AvgIpc) is 3.09. The lowest BCUT2D eigenvalue weighted by Gasteiger charge is -2.14. The van der Waals surface area contributed by atoms with Gasteiger partial charge in [-0.3, -0.25) is 4.79 Å². The molecule has 0 aliphatic heterocycles. The molecule has 0 radical (unpaired) electrons. The monoisotopic (exact) mass is 442 g/mol. The van der Waals surface area contributed by atoms with Gasteiger partial charge in [-0.15, -0.1) is 0 Å². The Morgan fingerprint density at radius 2 is 1.82 bits per heavy atom. The third kappa shape index (κ3) is 4.86. The Labute approximate surface area is 171 Å². The summed E-state index contributed by atoms with van der Waals surface area (Å²) in [4.78, 5) is 28.6. The summed E-state index contributed by atoms with van der Waals surface area (Å²) >= 11 is 3.37. The summed E-state index contributed by atoms with van der Waals surface area (Å²) in [5.74, 6) is -0.422. The minimum atomic E-state index is -0.699. The smallest absolute Gasteiger partial charge is 0.361 e. The van der Waals surface area contributed by atoms with Crippen LogP contribution in [0.3, 0.4) is 0 Å². The van der Waals surface area contributed by atoms with Crippen LogP contribution in [-0.2, 0) is 9.53 Å². The zero-order valence-electron chi connectivity index (χ0n) is 15.4. The van der Waals surface area contributed by atoms with E-state index in [9.17, 15) is 9.59 Å². The average molecular weight is 443 g/mol. The summed E-state index contributed by atoms with van der Waals surface area (Å²) in [5.41, 5.74) is 1.76. The van der Waals surface area contributed by atoms with E-state index < -0.39 is 18.5 Å². The highest BCUT2D eigenvalue weighted by Crippen LogP contribution is 2.22. The molecule has 1 unspecified atom stereocenters. The van der Waals surface area contributed by atoms with E-state index in [2.05, 4.69) is 26.2 Å². The third-order valence-electron chi connectivity index (χ3n) is 4.09. The van der Waals surface area contributed by atoms with Gasteiger partial charge < -0.3 is 14.5 Å². The summed E-state index contributed by atoms with van der Waals surface area (Å²) < 4.78 is 11.6. The number of nitrogens with zero attached hydrogens (tertiary/aromatic N) is 1. The molecule has 0 aliphatic carbocycles. The second-order valence-electron chi connectivity index (χ2n) is 6.21. The number of oxazole rings is 1. The lowest BCUT2D eigenvalue weighted by Crippen LogP contribution is -2.31. The van der Waals surface area contributed by atoms with Crippen molar-refractivity contribution in [1.82, 2.24) is 10.3 Å². The number of nitrogens with one attached hydrogen (secondary N) is 1. The number of esters is 1. The summed E-state index contributed by atoms with van der Waals surface area (Å²) in [6.45, 7) is 3.09. The van der Waals surface area contributed by atoms with E-state index >= 15 is 0 Å². The van der Waals surface area contributed by atoms with Gasteiger partial charge in [-0.05, 0) is 43.7 Å². The molecule has 144 valence electrons. The molecule has 7 heteroatoms. The first-order valence-electron chi connectivity index (χ1n) is 8.69. The van der Waals surface area contributed by atoms with Gasteiger partial charge in [0.1, 0.15) is 5.76 Å². The minimum Gasteiger partial charge on any atom is -0.451 e. The van der Waals surface area contributed by atoms with E-state index in [1.807, 2.05) is 61.5 Å². The van der Waals surface area contributed by atoms with Crippen LogP contribution < -0.4 is 5.32 Å². The lowest BCUT2D eigenvalue weighted by atomic mass is 10.1. The number of ether oxygens (including phenoxy) is 1. The third-order valence-corrected chi connectivity index (χ3v) is 4.62. The van der Waals surface area contributed by atoms with E-state index in [0.717, 1.165) is 15.6 Å². The van der Waals surface area contributed by atoms with Gasteiger partial charge >= 0.3 is 5.97 Å². The fraction of sp³-hybridized carbons (Fsp3) is 0.190. The van der Waals surface area contributed by atoms with Gasteiger partial charge in [-0.25, -0.2) is 9.78 Å². The SMILES string of the molecule is Cc1oc(-c2ccccc2)nc1C(=O)OCC(=O)NC(C)c1ccc(Br)cc1. The maximum atomic E-state index is 12.3. The van der Waals surface area contributed by atoms with Crippen molar-refractivity contribution in [2.24, 2.45) is 0 Å². The number of aryl methyl sites for hydroxylation is 1. The van der Waals surface area contributed by atoms with E-state index in [1.54, 1.807) is 6.92 Å². The number of aromatic nitrogens is 1. The molecular formula is C21H19BrN2O4. The molecule has 0 bridgehead atoms. The Morgan fingerprint density at radius 3 is 2.50 bits per heavy atom. The van der Waals surface area contributed by atoms with Gasteiger partial charge in [0.2, 0.25) is 5.89 Å². The molecular weight excluding hydrogens is 424 g/mol. The first-order valence-corrected chi connectivity index (χ1v) is 9.48. The molecule has 1 heterocycles. The van der Waals surface area contributed by atoms with Crippen molar-refractivity contribution in [3.05, 3.63) is 76.1 Å². The second-order valence-corrected chi connectivity index (χ2v) is 7.12. The number of benzene rings is 2. The van der Waals surface area contributed by atoms with Crippen LogP contribution in [-0.4, -0.2) is 23.5 Å². The highest BCUT2D eigenvalue weighted by molar-refractivity contribution is 9.10. The molecule has 3 aromatic rings. The predicted octanol–water partition coefficient (Wildman–Crippen LogP) is 4.45. The van der Waals surface area contributed by atoms with Crippen LogP contribution in [0, 0.1) is 6.92 Å². The largest absolute Gasteiger partial charge is 0.451 e. The number of hydrogen-bond donors (Lipinski definition) is 1. The van der Waals surface area contributed by atoms with Crippen LogP contribution in [0.4, 0.5) is 0 Å². The van der Waals surface area contributed by atoms with Crippen molar-refractivity contribution in [1.29, 1.82) is 0 Å². The van der Waals surface area contributed by atoms with E-state index in [0.29, 0.717) is 11.7 Å². The quantitative estimate of drug-likeness (QED) is 0.570. The Hall–Kier alpha value is -2.93. The molecule has 0 fully saturated rings. The van der Waals surface area contributed by atoms with Crippen molar-refractivity contribution >= 4 is 27.8 Å². The number of hydrogen-bond acceptors (Lipinski definition) is 5. The first-order chi connectivity index (χ1) is 13.4. The van der Waals surface area contributed by atoms with E-state index in [1.165, 1.54) is 0 Å². The Morgan fingerprint density at radius 1 is 1.14 bits per heavy atom. The van der Waals surface area contributed by atoms with Crippen molar-refractivity contribution in [3.8, 4) is 11.5 Å². The predicted molar refractivity (Wildman–Crippen MR) is 108 cm³/mol. The number of rotatable bonds is 6. The Kier molecular flexibility index (Phi) is 6.26. The minimum absolute atomic E-state index is 0.0626. The van der Waals surface area contributed by atoms with E-state index in [-0.39, 0.29) is 11.7 Å². The number of carbonyl (C=O) groups excluding carboxylic acids is 2. The topological polar surface area (TPSA) is 81.4 Å². The Bertz CT molecular complexity index is 968. The number of halogens is 1. The number of amides is 1. The van der Waals surface area contributed by atoms with Gasteiger partial charge in [-0.1, -0.05) is 46.3 Å². The van der Waals surface area contributed by atoms with E-state index in [4.69, 9.17) is 9.15 Å². The molecule has 1 aromatic heterocycles. The normalized spacial score (nSPS) is 11.7. The van der Waals surface area contributed by atoms with Gasteiger partial charge in [0.05, 0.1) is 6.04 Å². The second kappa shape index (κ2) is 8.84. The standard InChI is InChI=1S/C21H19BrN2O4/c1-13(15-8-10-17(22)11-9-15)23-18(25)12-27-21(26)19-14(2)28-20(24-19)16-6-4-3-5-7-16/h3-11,13H,12H2,1-2H3,(H,23,25). The summed E-state index contributed by atoms with van der Waals surface area (Å²) in [6, 6.07) is 16.6. The fourth-order valence-corrected chi connectivity index (χ4v) is 2.87. The maximum Gasteiger partial charge on any atom is 0.361 e. The van der Waals surface area contributed by atoms with Gasteiger partial charge in [0, 0.05) is 10.0 Å². The van der Waals surface area contributed by atoms with Gasteiger partial charge in [-0.2, -0.15) is 0 Å². The van der Waals surface area contributed by atoms with Crippen LogP contribution in [0.1, 0.15) is 34.8 Å². The zero-order valence-corrected chi connectivity index (χ0v) is 17.0. The van der Waals surface area contributed by atoms with Crippen LogP contribution in [0.5, 0.6) is 0 Å². The molecule has 3 rings (SSSR count). The summed E-state index contributed by atoms with van der Waals surface area (Å²) in [6.07, 6.45) is 0. The molecule has 1 N–H and O–H groups in total. The summed E-state index contributed by atoms with van der Waals surface area (Å²) in [7, 11) is 0. The molecule has 1 atom stereocenters. The molecule has 0 aliphatic rings. The highest BCUT2D eigenvalue weighted by atomic mass is 79.9. The van der Waals surface area contributed by atoms with Crippen molar-refractivity contribution in [2.45, 2.75) is 19.9 Å². The Balaban J connectivity index is 1.57. The lowest BCUT2D eigenvalue weighted by molar-refractivity contribution is -0.124.